The van der Waals surface area contributed by atoms with Crippen molar-refractivity contribution >= 4 is 46.3 Å². The number of hydrogen-bond acceptors (Lipinski definition) is 6. The van der Waals surface area contributed by atoms with Crippen LogP contribution in [0.3, 0.4) is 0 Å². The molecule has 8 heteroatoms. The first-order chi connectivity index (χ1) is 7.15. The predicted molar refractivity (Wildman–Crippen MR) is 60.8 cm³/mol. The van der Waals surface area contributed by atoms with Gasteiger partial charge in [-0.1, -0.05) is 46.3 Å². The number of halogens is 2. The molecule has 2 rings (SSSR count). The van der Waals surface area contributed by atoms with Crippen LogP contribution in [0.25, 0.3) is 0 Å². The SMILES string of the molecule is Cc1nnc(Sc2cc(Cl)nnc2Cl)s1. The van der Waals surface area contributed by atoms with Crippen LogP contribution < -0.4 is 0 Å². The normalized spacial score (nSPS) is 10.6. The van der Waals surface area contributed by atoms with E-state index in [2.05, 4.69) is 20.4 Å². The minimum Gasteiger partial charge on any atom is -0.143 e. The second-order valence-electron chi connectivity index (χ2n) is 2.51. The van der Waals surface area contributed by atoms with E-state index in [0.29, 0.717) is 10.3 Å². The van der Waals surface area contributed by atoms with Crippen molar-refractivity contribution in [1.29, 1.82) is 0 Å². The van der Waals surface area contributed by atoms with Crippen molar-refractivity contribution < 1.29 is 0 Å². The van der Waals surface area contributed by atoms with Gasteiger partial charge in [0.25, 0.3) is 0 Å². The highest BCUT2D eigenvalue weighted by Gasteiger charge is 2.09. The van der Waals surface area contributed by atoms with E-state index in [0.717, 1.165) is 14.2 Å². The molecule has 0 aromatic carbocycles. The lowest BCUT2D eigenvalue weighted by atomic mass is 10.6. The highest BCUT2D eigenvalue weighted by Crippen LogP contribution is 2.34. The number of hydrogen-bond donors (Lipinski definition) is 0. The molecule has 0 spiro atoms. The Bertz CT molecular complexity index is 488. The summed E-state index contributed by atoms with van der Waals surface area (Å²) < 4.78 is 0.804. The Kier molecular flexibility index (Phi) is 3.40. The van der Waals surface area contributed by atoms with E-state index in [4.69, 9.17) is 23.2 Å². The molecule has 0 bridgehead atoms. The fraction of sp³-hybridized carbons (Fsp3) is 0.143. The first-order valence-corrected chi connectivity index (χ1v) is 6.21. The Hall–Kier alpha value is -0.430. The molecule has 0 aliphatic heterocycles. The molecule has 0 atom stereocenters. The lowest BCUT2D eigenvalue weighted by Gasteiger charge is -1.98. The summed E-state index contributed by atoms with van der Waals surface area (Å²) in [4.78, 5) is 0.729. The highest BCUT2D eigenvalue weighted by molar-refractivity contribution is 8.01. The second-order valence-corrected chi connectivity index (χ2v) is 5.73. The molecule has 0 aliphatic carbocycles. The maximum absolute atomic E-state index is 5.86. The van der Waals surface area contributed by atoms with Gasteiger partial charge in [-0.2, -0.15) is 0 Å². The molecule has 0 unspecified atom stereocenters. The Balaban J connectivity index is 2.27. The van der Waals surface area contributed by atoms with E-state index in [-0.39, 0.29) is 0 Å². The van der Waals surface area contributed by atoms with Gasteiger partial charge in [0.15, 0.2) is 14.6 Å². The molecule has 4 nitrogen and oxygen atoms in total. The van der Waals surface area contributed by atoms with Crippen LogP contribution in [0, 0.1) is 6.92 Å². The summed E-state index contributed by atoms with van der Waals surface area (Å²) in [6, 6.07) is 1.65. The molecule has 78 valence electrons. The molecule has 0 N–H and O–H groups in total. The Morgan fingerprint density at radius 2 is 2.00 bits per heavy atom. The summed E-state index contributed by atoms with van der Waals surface area (Å²) in [7, 11) is 0. The summed E-state index contributed by atoms with van der Waals surface area (Å²) in [5.74, 6) is 0. The topological polar surface area (TPSA) is 51.6 Å². The van der Waals surface area contributed by atoms with Crippen LogP contribution in [0.1, 0.15) is 5.01 Å². The molecule has 0 aliphatic rings. The zero-order valence-corrected chi connectivity index (χ0v) is 10.6. The lowest BCUT2D eigenvalue weighted by molar-refractivity contribution is 0.976. The summed E-state index contributed by atoms with van der Waals surface area (Å²) >= 11 is 14.4. The van der Waals surface area contributed by atoms with E-state index in [1.807, 2.05) is 6.92 Å². The van der Waals surface area contributed by atoms with Crippen LogP contribution in [0.2, 0.25) is 10.3 Å². The van der Waals surface area contributed by atoms with E-state index in [1.54, 1.807) is 6.07 Å². The molecule has 0 fully saturated rings. The van der Waals surface area contributed by atoms with Crippen molar-refractivity contribution in [3.05, 3.63) is 21.4 Å². The van der Waals surface area contributed by atoms with Gasteiger partial charge >= 0.3 is 0 Å². The van der Waals surface area contributed by atoms with Crippen LogP contribution in [0.5, 0.6) is 0 Å². The summed E-state index contributed by atoms with van der Waals surface area (Å²) in [5, 5.41) is 16.7. The molecule has 0 saturated heterocycles. The number of nitrogens with zero attached hydrogens (tertiary/aromatic N) is 4. The van der Waals surface area contributed by atoms with Gasteiger partial charge in [-0.3, -0.25) is 0 Å². The van der Waals surface area contributed by atoms with Gasteiger partial charge in [-0.05, 0) is 13.0 Å². The number of rotatable bonds is 2. The third kappa shape index (κ3) is 2.78. The van der Waals surface area contributed by atoms with Crippen molar-refractivity contribution in [2.75, 3.05) is 0 Å². The van der Waals surface area contributed by atoms with Crippen molar-refractivity contribution in [2.24, 2.45) is 0 Å². The Morgan fingerprint density at radius 3 is 2.67 bits per heavy atom. The molecule has 2 aromatic rings. The van der Waals surface area contributed by atoms with Crippen molar-refractivity contribution in [1.82, 2.24) is 20.4 Å². The number of aryl methyl sites for hydroxylation is 1. The van der Waals surface area contributed by atoms with Gasteiger partial charge in [0.2, 0.25) is 0 Å². The summed E-state index contributed by atoms with van der Waals surface area (Å²) in [6.45, 7) is 1.89. The van der Waals surface area contributed by atoms with Gasteiger partial charge in [0.05, 0.1) is 4.90 Å². The minimum absolute atomic E-state index is 0.308. The van der Waals surface area contributed by atoms with Gasteiger partial charge in [0, 0.05) is 0 Å². The monoisotopic (exact) mass is 278 g/mol. The third-order valence-corrected chi connectivity index (χ3v) is 3.89. The molecule has 0 radical (unpaired) electrons. The second kappa shape index (κ2) is 4.61. The molecular formula is C7H4Cl2N4S2. The first kappa shape index (κ1) is 11.1. The van der Waals surface area contributed by atoms with Gasteiger partial charge < -0.3 is 0 Å². The molecule has 2 aromatic heterocycles. The fourth-order valence-corrected chi connectivity index (χ4v) is 3.02. The zero-order chi connectivity index (χ0) is 10.8. The summed E-state index contributed by atoms with van der Waals surface area (Å²) in [6.07, 6.45) is 0. The quantitative estimate of drug-likeness (QED) is 0.845. The molecule has 2 heterocycles. The van der Waals surface area contributed by atoms with Gasteiger partial charge in [-0.25, -0.2) is 0 Å². The van der Waals surface area contributed by atoms with E-state index in [9.17, 15) is 0 Å². The minimum atomic E-state index is 0.308. The smallest absolute Gasteiger partial charge is 0.143 e. The van der Waals surface area contributed by atoms with E-state index < -0.39 is 0 Å². The lowest BCUT2D eigenvalue weighted by Crippen LogP contribution is -1.85. The van der Waals surface area contributed by atoms with Crippen LogP contribution >= 0.6 is 46.3 Å². The van der Waals surface area contributed by atoms with Gasteiger partial charge in [-0.15, -0.1) is 20.4 Å². The average Bonchev–Trinajstić information content (AvgIpc) is 2.58. The highest BCUT2D eigenvalue weighted by atomic mass is 35.5. The molecule has 15 heavy (non-hydrogen) atoms. The Morgan fingerprint density at radius 1 is 1.20 bits per heavy atom. The van der Waals surface area contributed by atoms with Crippen molar-refractivity contribution in [3.8, 4) is 0 Å². The largest absolute Gasteiger partial charge is 0.179 e. The fourth-order valence-electron chi connectivity index (χ4n) is 0.823. The first-order valence-electron chi connectivity index (χ1n) is 3.82. The average molecular weight is 279 g/mol. The summed E-state index contributed by atoms with van der Waals surface area (Å²) in [5.41, 5.74) is 0. The van der Waals surface area contributed by atoms with Gasteiger partial charge in [0.1, 0.15) is 5.01 Å². The molecule has 0 amide bonds. The van der Waals surface area contributed by atoms with Crippen LogP contribution in [0.15, 0.2) is 15.3 Å². The standard InChI is InChI=1S/C7H4Cl2N4S2/c1-3-10-13-7(14-3)15-4-2-5(8)11-12-6(4)9/h2H,1H3. The maximum Gasteiger partial charge on any atom is 0.179 e. The van der Waals surface area contributed by atoms with Crippen LogP contribution in [0.4, 0.5) is 0 Å². The van der Waals surface area contributed by atoms with E-state index in [1.165, 1.54) is 23.1 Å². The number of aromatic nitrogens is 4. The molecular weight excluding hydrogens is 275 g/mol. The van der Waals surface area contributed by atoms with Crippen molar-refractivity contribution in [3.63, 3.8) is 0 Å². The van der Waals surface area contributed by atoms with Crippen LogP contribution in [-0.4, -0.2) is 20.4 Å². The van der Waals surface area contributed by atoms with Crippen molar-refractivity contribution in [2.45, 2.75) is 16.2 Å². The third-order valence-electron chi connectivity index (χ3n) is 1.39. The van der Waals surface area contributed by atoms with Crippen LogP contribution in [-0.2, 0) is 0 Å². The Labute approximate surface area is 104 Å². The maximum atomic E-state index is 5.86. The zero-order valence-electron chi connectivity index (χ0n) is 7.44. The van der Waals surface area contributed by atoms with E-state index >= 15 is 0 Å². The molecule has 0 saturated carbocycles. The predicted octanol–water partition coefficient (Wildman–Crippen LogP) is 3.09.